The number of hydrogen-bond acceptors (Lipinski definition) is 4. The van der Waals surface area contributed by atoms with Crippen molar-refractivity contribution in [2.24, 2.45) is 0 Å². The normalized spacial score (nSPS) is 16.0. The van der Waals surface area contributed by atoms with Crippen molar-refractivity contribution in [1.82, 2.24) is 29.7 Å². The van der Waals surface area contributed by atoms with Gasteiger partial charge in [-0.2, -0.15) is 10.2 Å². The van der Waals surface area contributed by atoms with Gasteiger partial charge in [-0.15, -0.1) is 0 Å². The lowest BCUT2D eigenvalue weighted by Gasteiger charge is -2.22. The van der Waals surface area contributed by atoms with Crippen molar-refractivity contribution in [3.8, 4) is 11.3 Å². The van der Waals surface area contributed by atoms with E-state index < -0.39 is 0 Å². The second kappa shape index (κ2) is 5.67. The van der Waals surface area contributed by atoms with E-state index in [1.807, 2.05) is 29.8 Å². The Morgan fingerprint density at radius 2 is 1.92 bits per heavy atom. The predicted octanol–water partition coefficient (Wildman–Crippen LogP) is 2.98. The van der Waals surface area contributed by atoms with Crippen LogP contribution in [-0.4, -0.2) is 37.5 Å². The van der Waals surface area contributed by atoms with Crippen molar-refractivity contribution in [2.45, 2.75) is 25.8 Å². The number of aromatic nitrogens is 5. The first-order valence-electron chi connectivity index (χ1n) is 8.79. The number of benzene rings is 1. The summed E-state index contributed by atoms with van der Waals surface area (Å²) in [6, 6.07) is 10.9. The SMILES string of the molecule is Cc1cn2nc(-c3ccc4nn(C5CCNCC5)cc4c3)ccc2n1. The van der Waals surface area contributed by atoms with Gasteiger partial charge in [-0.1, -0.05) is 6.07 Å². The molecule has 1 aliphatic heterocycles. The highest BCUT2D eigenvalue weighted by molar-refractivity contribution is 5.83. The summed E-state index contributed by atoms with van der Waals surface area (Å²) in [6.07, 6.45) is 6.40. The maximum absolute atomic E-state index is 4.78. The van der Waals surface area contributed by atoms with Crippen molar-refractivity contribution in [3.63, 3.8) is 0 Å². The highest BCUT2D eigenvalue weighted by atomic mass is 15.3. The molecule has 5 rings (SSSR count). The molecular formula is C19H20N6. The second-order valence-corrected chi connectivity index (χ2v) is 6.77. The molecule has 6 heteroatoms. The van der Waals surface area contributed by atoms with Gasteiger partial charge in [0.1, 0.15) is 0 Å². The van der Waals surface area contributed by atoms with Crippen LogP contribution in [0.25, 0.3) is 27.8 Å². The van der Waals surface area contributed by atoms with Crippen molar-refractivity contribution in [3.05, 3.63) is 48.4 Å². The third-order valence-corrected chi connectivity index (χ3v) is 4.94. The Morgan fingerprint density at radius 3 is 2.80 bits per heavy atom. The van der Waals surface area contributed by atoms with Gasteiger partial charge in [-0.25, -0.2) is 9.50 Å². The molecule has 4 heterocycles. The Bertz CT molecular complexity index is 1050. The van der Waals surface area contributed by atoms with Crippen LogP contribution in [0.2, 0.25) is 0 Å². The molecule has 1 aliphatic rings. The number of piperidine rings is 1. The molecule has 1 fully saturated rings. The van der Waals surface area contributed by atoms with E-state index in [1.54, 1.807) is 0 Å². The van der Waals surface area contributed by atoms with Crippen LogP contribution in [0.3, 0.4) is 0 Å². The van der Waals surface area contributed by atoms with Gasteiger partial charge in [0.05, 0.1) is 29.1 Å². The molecule has 25 heavy (non-hydrogen) atoms. The van der Waals surface area contributed by atoms with Gasteiger partial charge in [0, 0.05) is 17.1 Å². The first-order chi connectivity index (χ1) is 12.3. The number of nitrogens with one attached hydrogen (secondary N) is 1. The predicted molar refractivity (Wildman–Crippen MR) is 97.6 cm³/mol. The van der Waals surface area contributed by atoms with Gasteiger partial charge in [-0.3, -0.25) is 4.68 Å². The monoisotopic (exact) mass is 332 g/mol. The van der Waals surface area contributed by atoms with Gasteiger partial charge >= 0.3 is 0 Å². The van der Waals surface area contributed by atoms with Crippen LogP contribution in [0.4, 0.5) is 0 Å². The van der Waals surface area contributed by atoms with E-state index in [0.29, 0.717) is 6.04 Å². The highest BCUT2D eigenvalue weighted by Gasteiger charge is 2.16. The Kier molecular flexibility index (Phi) is 3.31. The fourth-order valence-electron chi connectivity index (χ4n) is 3.62. The molecule has 0 radical (unpaired) electrons. The van der Waals surface area contributed by atoms with Gasteiger partial charge < -0.3 is 5.32 Å². The molecule has 1 saturated heterocycles. The maximum atomic E-state index is 4.78. The van der Waals surface area contributed by atoms with E-state index in [4.69, 9.17) is 5.10 Å². The van der Waals surface area contributed by atoms with Crippen molar-refractivity contribution in [1.29, 1.82) is 0 Å². The molecule has 0 bridgehead atoms. The smallest absolute Gasteiger partial charge is 0.153 e. The summed E-state index contributed by atoms with van der Waals surface area (Å²) in [5, 5.41) is 14.0. The number of hydrogen-bond donors (Lipinski definition) is 1. The van der Waals surface area contributed by atoms with Crippen LogP contribution in [0.5, 0.6) is 0 Å². The van der Waals surface area contributed by atoms with Crippen LogP contribution >= 0.6 is 0 Å². The molecule has 1 N–H and O–H groups in total. The van der Waals surface area contributed by atoms with Gasteiger partial charge in [0.2, 0.25) is 0 Å². The fourth-order valence-corrected chi connectivity index (χ4v) is 3.62. The summed E-state index contributed by atoms with van der Waals surface area (Å²) in [4.78, 5) is 4.43. The average Bonchev–Trinajstić information content (AvgIpc) is 3.23. The Hall–Kier alpha value is -2.73. The minimum absolute atomic E-state index is 0.500. The Labute approximate surface area is 145 Å². The van der Waals surface area contributed by atoms with E-state index in [1.165, 1.54) is 5.39 Å². The molecule has 1 aromatic carbocycles. The van der Waals surface area contributed by atoms with E-state index >= 15 is 0 Å². The minimum atomic E-state index is 0.500. The minimum Gasteiger partial charge on any atom is -0.317 e. The molecule has 0 amide bonds. The molecule has 3 aromatic heterocycles. The molecule has 0 atom stereocenters. The average molecular weight is 332 g/mol. The van der Waals surface area contributed by atoms with Crippen LogP contribution in [0.1, 0.15) is 24.6 Å². The number of fused-ring (bicyclic) bond motifs is 2. The van der Waals surface area contributed by atoms with Crippen molar-refractivity contribution >= 4 is 16.6 Å². The van der Waals surface area contributed by atoms with E-state index in [9.17, 15) is 0 Å². The molecule has 0 aliphatic carbocycles. The first kappa shape index (κ1) is 14.6. The largest absolute Gasteiger partial charge is 0.317 e. The zero-order valence-electron chi connectivity index (χ0n) is 14.2. The van der Waals surface area contributed by atoms with E-state index in [2.05, 4.69) is 44.5 Å². The summed E-state index contributed by atoms with van der Waals surface area (Å²) in [5.74, 6) is 0. The highest BCUT2D eigenvalue weighted by Crippen LogP contribution is 2.25. The lowest BCUT2D eigenvalue weighted by Crippen LogP contribution is -2.29. The summed E-state index contributed by atoms with van der Waals surface area (Å²) < 4.78 is 3.98. The third-order valence-electron chi connectivity index (χ3n) is 4.94. The van der Waals surface area contributed by atoms with E-state index in [-0.39, 0.29) is 0 Å². The zero-order chi connectivity index (χ0) is 16.8. The van der Waals surface area contributed by atoms with Crippen LogP contribution in [-0.2, 0) is 0 Å². The molecule has 0 saturated carbocycles. The molecule has 0 unspecified atom stereocenters. The lowest BCUT2D eigenvalue weighted by molar-refractivity contribution is 0.345. The Morgan fingerprint density at radius 1 is 1.04 bits per heavy atom. The molecule has 4 aromatic rings. The van der Waals surface area contributed by atoms with Crippen molar-refractivity contribution < 1.29 is 0 Å². The molecular weight excluding hydrogens is 312 g/mol. The zero-order valence-corrected chi connectivity index (χ0v) is 14.2. The summed E-state index contributed by atoms with van der Waals surface area (Å²) in [5.41, 5.74) is 4.94. The molecule has 0 spiro atoms. The number of imidazole rings is 1. The summed E-state index contributed by atoms with van der Waals surface area (Å²) >= 11 is 0. The number of rotatable bonds is 2. The van der Waals surface area contributed by atoms with Gasteiger partial charge in [-0.05, 0) is 57.1 Å². The van der Waals surface area contributed by atoms with Crippen LogP contribution < -0.4 is 5.32 Å². The number of nitrogens with zero attached hydrogens (tertiary/aromatic N) is 5. The topological polar surface area (TPSA) is 60.0 Å². The first-order valence-corrected chi connectivity index (χ1v) is 8.79. The molecule has 126 valence electrons. The number of aryl methyl sites for hydroxylation is 1. The summed E-state index contributed by atoms with van der Waals surface area (Å²) in [6.45, 7) is 4.12. The third kappa shape index (κ3) is 2.59. The van der Waals surface area contributed by atoms with Crippen LogP contribution in [0.15, 0.2) is 42.7 Å². The fraction of sp³-hybridized carbons (Fsp3) is 0.316. The van der Waals surface area contributed by atoms with Crippen molar-refractivity contribution in [2.75, 3.05) is 13.1 Å². The standard InChI is InChI=1S/C19H20N6/c1-13-11-25-19(21-13)5-4-17(23-25)14-2-3-18-15(10-14)12-24(22-18)16-6-8-20-9-7-16/h2-5,10-12,16,20H,6-9H2,1H3. The maximum Gasteiger partial charge on any atom is 0.153 e. The molecule has 6 nitrogen and oxygen atoms in total. The second-order valence-electron chi connectivity index (χ2n) is 6.77. The Balaban J connectivity index is 1.54. The summed E-state index contributed by atoms with van der Waals surface area (Å²) in [7, 11) is 0. The lowest BCUT2D eigenvalue weighted by atomic mass is 10.1. The van der Waals surface area contributed by atoms with Crippen LogP contribution in [0, 0.1) is 6.92 Å². The van der Waals surface area contributed by atoms with E-state index in [0.717, 1.165) is 54.0 Å². The van der Waals surface area contributed by atoms with Gasteiger partial charge in [0.25, 0.3) is 0 Å². The quantitative estimate of drug-likeness (QED) is 0.613. The van der Waals surface area contributed by atoms with Gasteiger partial charge in [0.15, 0.2) is 5.65 Å².